The third-order valence-electron chi connectivity index (χ3n) is 3.10. The Kier molecular flexibility index (Phi) is 9.10. The molecule has 0 fully saturated rings. The molecule has 5 nitrogen and oxygen atoms in total. The highest BCUT2D eigenvalue weighted by Crippen LogP contribution is 2.23. The van der Waals surface area contributed by atoms with Crippen LogP contribution in [0.4, 0.5) is 0 Å². The SMILES string of the molecule is CCN(Cc1ccc(Br)s1)C(=O)CN(CCO)CCOC. The highest BCUT2D eigenvalue weighted by atomic mass is 79.9. The summed E-state index contributed by atoms with van der Waals surface area (Å²) in [5, 5.41) is 9.07. The van der Waals surface area contributed by atoms with Gasteiger partial charge in [-0.15, -0.1) is 11.3 Å². The summed E-state index contributed by atoms with van der Waals surface area (Å²) < 4.78 is 6.11. The van der Waals surface area contributed by atoms with Crippen LogP contribution in [0.3, 0.4) is 0 Å². The minimum absolute atomic E-state index is 0.0426. The number of rotatable bonds is 10. The van der Waals surface area contributed by atoms with E-state index in [2.05, 4.69) is 15.9 Å². The van der Waals surface area contributed by atoms with E-state index in [-0.39, 0.29) is 12.5 Å². The summed E-state index contributed by atoms with van der Waals surface area (Å²) in [4.78, 5) is 17.3. The van der Waals surface area contributed by atoms with Crippen LogP contribution in [-0.4, -0.2) is 67.3 Å². The molecule has 0 aliphatic rings. The molecule has 1 heterocycles. The number of ether oxygens (including phenoxy) is 1. The predicted molar refractivity (Wildman–Crippen MR) is 88.5 cm³/mol. The van der Waals surface area contributed by atoms with Crippen molar-refractivity contribution in [3.63, 3.8) is 0 Å². The molecule has 0 aliphatic heterocycles. The molecule has 0 aromatic carbocycles. The molecule has 7 heteroatoms. The summed E-state index contributed by atoms with van der Waals surface area (Å²) >= 11 is 5.08. The quantitative estimate of drug-likeness (QED) is 0.674. The third kappa shape index (κ3) is 6.88. The van der Waals surface area contributed by atoms with E-state index in [0.29, 0.717) is 39.3 Å². The van der Waals surface area contributed by atoms with Crippen molar-refractivity contribution in [1.29, 1.82) is 0 Å². The van der Waals surface area contributed by atoms with Crippen molar-refractivity contribution < 1.29 is 14.6 Å². The fourth-order valence-corrected chi connectivity index (χ4v) is 3.42. The average molecular weight is 379 g/mol. The second-order valence-corrected chi connectivity index (χ2v) is 7.15. The maximum atomic E-state index is 12.4. The Bertz CT molecular complexity index is 428. The van der Waals surface area contributed by atoms with Crippen LogP contribution < -0.4 is 0 Å². The van der Waals surface area contributed by atoms with Crippen LogP contribution in [0.15, 0.2) is 15.9 Å². The van der Waals surface area contributed by atoms with Gasteiger partial charge in [-0.3, -0.25) is 9.69 Å². The average Bonchev–Trinajstić information content (AvgIpc) is 2.87. The van der Waals surface area contributed by atoms with Gasteiger partial charge in [0.05, 0.1) is 30.1 Å². The van der Waals surface area contributed by atoms with E-state index < -0.39 is 0 Å². The van der Waals surface area contributed by atoms with Crippen LogP contribution >= 0.6 is 27.3 Å². The van der Waals surface area contributed by atoms with Crippen LogP contribution in [0.25, 0.3) is 0 Å². The monoisotopic (exact) mass is 378 g/mol. The van der Waals surface area contributed by atoms with Crippen LogP contribution in [0.5, 0.6) is 0 Å². The number of nitrogens with zero attached hydrogens (tertiary/aromatic N) is 2. The van der Waals surface area contributed by atoms with Gasteiger partial charge in [0, 0.05) is 31.6 Å². The van der Waals surface area contributed by atoms with Crippen LogP contribution in [0.1, 0.15) is 11.8 Å². The van der Waals surface area contributed by atoms with E-state index in [0.717, 1.165) is 8.66 Å². The molecule has 0 spiro atoms. The van der Waals surface area contributed by atoms with Gasteiger partial charge in [0.2, 0.25) is 5.91 Å². The Labute approximate surface area is 138 Å². The van der Waals surface area contributed by atoms with Crippen molar-refractivity contribution in [2.24, 2.45) is 0 Å². The van der Waals surface area contributed by atoms with Crippen molar-refractivity contribution in [2.45, 2.75) is 13.5 Å². The van der Waals surface area contributed by atoms with Crippen LogP contribution in [0.2, 0.25) is 0 Å². The normalized spacial score (nSPS) is 11.1. The van der Waals surface area contributed by atoms with E-state index in [4.69, 9.17) is 9.84 Å². The Morgan fingerprint density at radius 3 is 2.71 bits per heavy atom. The van der Waals surface area contributed by atoms with Crippen molar-refractivity contribution in [3.05, 3.63) is 20.8 Å². The summed E-state index contributed by atoms with van der Waals surface area (Å²) in [6.45, 7) is 5.31. The van der Waals surface area contributed by atoms with Gasteiger partial charge in [-0.25, -0.2) is 0 Å². The van der Waals surface area contributed by atoms with Crippen molar-refractivity contribution in [2.75, 3.05) is 46.5 Å². The van der Waals surface area contributed by atoms with Gasteiger partial charge in [0.15, 0.2) is 0 Å². The molecule has 1 amide bonds. The van der Waals surface area contributed by atoms with E-state index in [1.807, 2.05) is 28.9 Å². The summed E-state index contributed by atoms with van der Waals surface area (Å²) in [6, 6.07) is 4.02. The summed E-state index contributed by atoms with van der Waals surface area (Å²) in [7, 11) is 1.63. The lowest BCUT2D eigenvalue weighted by molar-refractivity contribution is -0.133. The molecule has 0 saturated heterocycles. The first-order chi connectivity index (χ1) is 10.1. The first-order valence-corrected chi connectivity index (χ1v) is 8.55. The molecule has 0 saturated carbocycles. The molecule has 1 aromatic heterocycles. The molecule has 1 rings (SSSR count). The molecule has 0 aliphatic carbocycles. The van der Waals surface area contributed by atoms with Crippen molar-refractivity contribution in [3.8, 4) is 0 Å². The zero-order valence-electron chi connectivity index (χ0n) is 12.5. The molecular weight excluding hydrogens is 356 g/mol. The van der Waals surface area contributed by atoms with Gasteiger partial charge in [-0.05, 0) is 35.0 Å². The maximum Gasteiger partial charge on any atom is 0.237 e. The van der Waals surface area contributed by atoms with E-state index in [1.165, 1.54) is 0 Å². The molecule has 1 N–H and O–H groups in total. The number of methoxy groups -OCH3 is 1. The maximum absolute atomic E-state index is 12.4. The Balaban J connectivity index is 2.55. The topological polar surface area (TPSA) is 53.0 Å². The van der Waals surface area contributed by atoms with Crippen LogP contribution in [0, 0.1) is 0 Å². The lowest BCUT2D eigenvalue weighted by Gasteiger charge is -2.25. The fourth-order valence-electron chi connectivity index (χ4n) is 1.92. The number of hydrogen-bond donors (Lipinski definition) is 1. The van der Waals surface area contributed by atoms with Gasteiger partial charge < -0.3 is 14.7 Å². The van der Waals surface area contributed by atoms with Gasteiger partial charge >= 0.3 is 0 Å². The van der Waals surface area contributed by atoms with Gasteiger partial charge in [-0.1, -0.05) is 0 Å². The molecule has 0 bridgehead atoms. The lowest BCUT2D eigenvalue weighted by atomic mass is 10.3. The van der Waals surface area contributed by atoms with Crippen molar-refractivity contribution in [1.82, 2.24) is 9.80 Å². The number of amides is 1. The molecular formula is C14H23BrN2O3S. The number of likely N-dealkylation sites (N-methyl/N-ethyl adjacent to an activating group) is 1. The summed E-state index contributed by atoms with van der Waals surface area (Å²) in [5.74, 6) is 0.0755. The van der Waals surface area contributed by atoms with E-state index in [1.54, 1.807) is 18.4 Å². The molecule has 1 aromatic rings. The highest BCUT2D eigenvalue weighted by Gasteiger charge is 2.17. The van der Waals surface area contributed by atoms with E-state index in [9.17, 15) is 4.79 Å². The van der Waals surface area contributed by atoms with E-state index >= 15 is 0 Å². The minimum atomic E-state index is 0.0426. The number of carbonyl (C=O) groups excluding carboxylic acids is 1. The first kappa shape index (κ1) is 18.6. The number of carbonyl (C=O) groups is 1. The van der Waals surface area contributed by atoms with Gasteiger partial charge in [-0.2, -0.15) is 0 Å². The Morgan fingerprint density at radius 1 is 1.43 bits per heavy atom. The summed E-state index contributed by atoms with van der Waals surface area (Å²) in [6.07, 6.45) is 0. The standard InChI is InChI=1S/C14H23BrN2O3S/c1-3-17(10-12-4-5-13(15)21-12)14(19)11-16(6-8-18)7-9-20-2/h4-5,18H,3,6-11H2,1-2H3. The third-order valence-corrected chi connectivity index (χ3v) is 4.71. The molecule has 0 atom stereocenters. The smallest absolute Gasteiger partial charge is 0.237 e. The number of hydrogen-bond acceptors (Lipinski definition) is 5. The lowest BCUT2D eigenvalue weighted by Crippen LogP contribution is -2.42. The predicted octanol–water partition coefficient (Wildman–Crippen LogP) is 1.80. The molecule has 0 unspecified atom stereocenters. The van der Waals surface area contributed by atoms with Crippen molar-refractivity contribution >= 4 is 33.2 Å². The first-order valence-electron chi connectivity index (χ1n) is 6.94. The highest BCUT2D eigenvalue weighted by molar-refractivity contribution is 9.11. The number of halogens is 1. The fraction of sp³-hybridized carbons (Fsp3) is 0.643. The second-order valence-electron chi connectivity index (χ2n) is 4.61. The summed E-state index contributed by atoms with van der Waals surface area (Å²) in [5.41, 5.74) is 0. The minimum Gasteiger partial charge on any atom is -0.395 e. The zero-order chi connectivity index (χ0) is 15.7. The van der Waals surface area contributed by atoms with Gasteiger partial charge in [0.1, 0.15) is 0 Å². The zero-order valence-corrected chi connectivity index (χ0v) is 15.0. The molecule has 0 radical (unpaired) electrons. The Hall–Kier alpha value is -0.470. The Morgan fingerprint density at radius 2 is 2.19 bits per heavy atom. The number of thiophene rings is 1. The largest absolute Gasteiger partial charge is 0.395 e. The number of aliphatic hydroxyl groups is 1. The molecule has 120 valence electrons. The van der Waals surface area contributed by atoms with Crippen LogP contribution in [-0.2, 0) is 16.1 Å². The number of aliphatic hydroxyl groups excluding tert-OH is 1. The second kappa shape index (κ2) is 10.3. The molecule has 21 heavy (non-hydrogen) atoms. The van der Waals surface area contributed by atoms with Gasteiger partial charge in [0.25, 0.3) is 0 Å².